The van der Waals surface area contributed by atoms with E-state index in [4.69, 9.17) is 0 Å². The number of fused-ring (bicyclic) bond motifs is 1. The zero-order chi connectivity index (χ0) is 14.8. The van der Waals surface area contributed by atoms with Gasteiger partial charge in [0.05, 0.1) is 6.20 Å². The Hall–Kier alpha value is -1.85. The summed E-state index contributed by atoms with van der Waals surface area (Å²) >= 11 is 0. The number of aromatic nitrogens is 2. The molecule has 1 aliphatic heterocycles. The van der Waals surface area contributed by atoms with Crippen LogP contribution in [0.25, 0.3) is 0 Å². The second kappa shape index (κ2) is 5.87. The van der Waals surface area contributed by atoms with Crippen molar-refractivity contribution >= 4 is 17.5 Å². The molecule has 1 N–H and O–H groups in total. The fourth-order valence-corrected chi connectivity index (χ4v) is 3.66. The number of hydrogen-bond acceptors (Lipinski definition) is 4. The molecule has 2 fully saturated rings. The third-order valence-corrected chi connectivity index (χ3v) is 4.61. The van der Waals surface area contributed by atoms with Gasteiger partial charge in [-0.1, -0.05) is 6.42 Å². The van der Waals surface area contributed by atoms with Gasteiger partial charge >= 0.3 is 6.03 Å². The number of nitrogens with zero attached hydrogens (tertiary/aromatic N) is 4. The minimum Gasteiger partial charge on any atom is -0.361 e. The molecule has 0 aromatic carbocycles. The summed E-state index contributed by atoms with van der Waals surface area (Å²) in [6.07, 6.45) is 9.20. The Morgan fingerprint density at radius 2 is 2.14 bits per heavy atom. The summed E-state index contributed by atoms with van der Waals surface area (Å²) in [7, 11) is 3.82. The highest BCUT2D eigenvalue weighted by atomic mass is 16.2. The minimum atomic E-state index is -0.00972. The topological polar surface area (TPSA) is 61.4 Å². The Bertz CT molecular complexity index is 519. The maximum absolute atomic E-state index is 12.6. The van der Waals surface area contributed by atoms with Crippen molar-refractivity contribution in [3.8, 4) is 0 Å². The summed E-state index contributed by atoms with van der Waals surface area (Å²) in [5, 5.41) is 2.99. The molecule has 1 aromatic heterocycles. The molecule has 21 heavy (non-hydrogen) atoms. The number of carbonyl (C=O) groups excluding carboxylic acids is 1. The second-order valence-electron chi connectivity index (χ2n) is 6.18. The van der Waals surface area contributed by atoms with E-state index in [0.29, 0.717) is 17.6 Å². The van der Waals surface area contributed by atoms with Gasteiger partial charge in [0, 0.05) is 26.7 Å². The molecule has 2 atom stereocenters. The largest absolute Gasteiger partial charge is 0.361 e. The summed E-state index contributed by atoms with van der Waals surface area (Å²) < 4.78 is 0. The highest BCUT2D eigenvalue weighted by Crippen LogP contribution is 2.37. The van der Waals surface area contributed by atoms with Gasteiger partial charge < -0.3 is 15.1 Å². The smallest absolute Gasteiger partial charge is 0.322 e. The van der Waals surface area contributed by atoms with Crippen LogP contribution in [0.3, 0.4) is 0 Å². The molecule has 0 unspecified atom stereocenters. The summed E-state index contributed by atoms with van der Waals surface area (Å²) in [5.41, 5.74) is 0.674. The molecule has 1 aliphatic carbocycles. The van der Waals surface area contributed by atoms with Crippen LogP contribution in [-0.4, -0.2) is 47.6 Å². The maximum atomic E-state index is 12.6. The molecule has 3 rings (SSSR count). The first kappa shape index (κ1) is 14.1. The lowest BCUT2D eigenvalue weighted by atomic mass is 9.92. The average molecular weight is 289 g/mol. The van der Waals surface area contributed by atoms with Gasteiger partial charge in [-0.25, -0.2) is 14.8 Å². The monoisotopic (exact) mass is 289 g/mol. The van der Waals surface area contributed by atoms with Crippen molar-refractivity contribution in [2.24, 2.45) is 5.92 Å². The van der Waals surface area contributed by atoms with Gasteiger partial charge in [0.25, 0.3) is 0 Å². The fourth-order valence-electron chi connectivity index (χ4n) is 3.66. The van der Waals surface area contributed by atoms with Crippen LogP contribution >= 0.6 is 0 Å². The predicted molar refractivity (Wildman–Crippen MR) is 82.4 cm³/mol. The summed E-state index contributed by atoms with van der Waals surface area (Å²) in [6, 6.07) is 0.413. The number of anilines is 2. The van der Waals surface area contributed by atoms with Crippen molar-refractivity contribution in [2.45, 2.75) is 38.1 Å². The molecule has 0 bridgehead atoms. The number of piperidine rings is 1. The van der Waals surface area contributed by atoms with E-state index in [2.05, 4.69) is 15.3 Å². The number of hydrogen-bond donors (Lipinski definition) is 1. The molecular weight excluding hydrogens is 266 g/mol. The molecule has 2 heterocycles. The number of nitrogens with one attached hydrogen (secondary N) is 1. The van der Waals surface area contributed by atoms with E-state index in [1.165, 1.54) is 25.6 Å². The number of rotatable bonds is 2. The Morgan fingerprint density at radius 1 is 1.33 bits per heavy atom. The van der Waals surface area contributed by atoms with Crippen LogP contribution in [0.1, 0.15) is 32.1 Å². The van der Waals surface area contributed by atoms with Gasteiger partial charge in [-0.15, -0.1) is 0 Å². The third kappa shape index (κ3) is 2.80. The van der Waals surface area contributed by atoms with E-state index in [1.807, 2.05) is 23.9 Å². The number of urea groups is 1. The lowest BCUT2D eigenvalue weighted by Gasteiger charge is -2.37. The first-order chi connectivity index (χ1) is 10.2. The summed E-state index contributed by atoms with van der Waals surface area (Å²) in [4.78, 5) is 24.8. The van der Waals surface area contributed by atoms with Gasteiger partial charge in [0.1, 0.15) is 12.0 Å². The molecule has 2 aliphatic rings. The van der Waals surface area contributed by atoms with Crippen LogP contribution in [0.2, 0.25) is 0 Å². The second-order valence-corrected chi connectivity index (χ2v) is 6.18. The standard InChI is InChI=1S/C15H23N5O/c1-19(2)14-12(9-16-10-17-14)18-15(21)20-8-4-6-11-5-3-7-13(11)20/h9-11,13H,3-8H2,1-2H3,(H,18,21)/t11-,13-/m1/s1. The van der Waals surface area contributed by atoms with Crippen molar-refractivity contribution in [2.75, 3.05) is 30.9 Å². The fraction of sp³-hybridized carbons (Fsp3) is 0.667. The molecule has 2 amide bonds. The van der Waals surface area contributed by atoms with Crippen LogP contribution in [0.4, 0.5) is 16.3 Å². The van der Waals surface area contributed by atoms with E-state index in [0.717, 1.165) is 25.2 Å². The minimum absolute atomic E-state index is 0.00972. The van der Waals surface area contributed by atoms with E-state index < -0.39 is 0 Å². The summed E-state index contributed by atoms with van der Waals surface area (Å²) in [5.74, 6) is 1.43. The third-order valence-electron chi connectivity index (χ3n) is 4.61. The van der Waals surface area contributed by atoms with Crippen LogP contribution in [0, 0.1) is 5.92 Å². The SMILES string of the molecule is CN(C)c1ncncc1NC(=O)N1CCC[C@H]2CCC[C@H]21. The summed E-state index contributed by atoms with van der Waals surface area (Å²) in [6.45, 7) is 0.859. The van der Waals surface area contributed by atoms with Crippen molar-refractivity contribution in [1.82, 2.24) is 14.9 Å². The Labute approximate surface area is 125 Å². The lowest BCUT2D eigenvalue weighted by Crippen LogP contribution is -2.48. The van der Waals surface area contributed by atoms with Crippen molar-refractivity contribution in [3.63, 3.8) is 0 Å². The van der Waals surface area contributed by atoms with Crippen molar-refractivity contribution in [1.29, 1.82) is 0 Å². The molecule has 6 heteroatoms. The number of likely N-dealkylation sites (tertiary alicyclic amines) is 1. The Kier molecular flexibility index (Phi) is 3.94. The van der Waals surface area contributed by atoms with E-state index in [-0.39, 0.29) is 6.03 Å². The molecule has 6 nitrogen and oxygen atoms in total. The highest BCUT2D eigenvalue weighted by Gasteiger charge is 2.37. The van der Waals surface area contributed by atoms with Crippen molar-refractivity contribution in [3.05, 3.63) is 12.5 Å². The molecule has 1 saturated carbocycles. The van der Waals surface area contributed by atoms with Gasteiger partial charge in [-0.3, -0.25) is 0 Å². The van der Waals surface area contributed by atoms with Gasteiger partial charge in [0.2, 0.25) is 0 Å². The molecule has 1 saturated heterocycles. The molecule has 1 aromatic rings. The highest BCUT2D eigenvalue weighted by molar-refractivity contribution is 5.92. The normalized spacial score (nSPS) is 24.6. The maximum Gasteiger partial charge on any atom is 0.322 e. The Morgan fingerprint density at radius 3 is 2.95 bits per heavy atom. The Balaban J connectivity index is 1.74. The predicted octanol–water partition coefficient (Wildman–Crippen LogP) is 2.34. The van der Waals surface area contributed by atoms with Crippen LogP contribution in [0.15, 0.2) is 12.5 Å². The van der Waals surface area contributed by atoms with Crippen LogP contribution < -0.4 is 10.2 Å². The molecule has 0 spiro atoms. The van der Waals surface area contributed by atoms with Crippen LogP contribution in [0.5, 0.6) is 0 Å². The number of carbonyl (C=O) groups is 1. The first-order valence-corrected chi connectivity index (χ1v) is 7.72. The zero-order valence-corrected chi connectivity index (χ0v) is 12.7. The van der Waals surface area contributed by atoms with Gasteiger partial charge in [0.15, 0.2) is 5.82 Å². The van der Waals surface area contributed by atoms with E-state index >= 15 is 0 Å². The first-order valence-electron chi connectivity index (χ1n) is 7.72. The van der Waals surface area contributed by atoms with Crippen LogP contribution in [-0.2, 0) is 0 Å². The quantitative estimate of drug-likeness (QED) is 0.907. The molecule has 0 radical (unpaired) electrons. The van der Waals surface area contributed by atoms with Gasteiger partial charge in [-0.2, -0.15) is 0 Å². The average Bonchev–Trinajstić information content (AvgIpc) is 2.95. The number of amides is 2. The lowest BCUT2D eigenvalue weighted by molar-refractivity contribution is 0.138. The van der Waals surface area contributed by atoms with E-state index in [9.17, 15) is 4.79 Å². The van der Waals surface area contributed by atoms with Crippen molar-refractivity contribution < 1.29 is 4.79 Å². The zero-order valence-electron chi connectivity index (χ0n) is 12.7. The van der Waals surface area contributed by atoms with Gasteiger partial charge in [-0.05, 0) is 31.6 Å². The molecular formula is C15H23N5O. The molecule has 114 valence electrons. The van der Waals surface area contributed by atoms with E-state index in [1.54, 1.807) is 6.20 Å².